The fourth-order valence-electron chi connectivity index (χ4n) is 0.846. The Morgan fingerprint density at radius 1 is 1.64 bits per heavy atom. The van der Waals surface area contributed by atoms with Crippen LogP contribution in [0.3, 0.4) is 0 Å². The average molecular weight is 216 g/mol. The van der Waals surface area contributed by atoms with Crippen molar-refractivity contribution in [2.75, 3.05) is 18.1 Å². The van der Waals surface area contributed by atoms with Crippen LogP contribution in [0.15, 0.2) is 18.3 Å². The Labute approximate surface area is 85.2 Å². The number of hydrogen-bond acceptors (Lipinski definition) is 3. The van der Waals surface area contributed by atoms with Crippen molar-refractivity contribution in [1.29, 1.82) is 0 Å². The number of aromatic nitrogens is 1. The van der Waals surface area contributed by atoms with Crippen molar-refractivity contribution < 1.29 is 8.60 Å². The summed E-state index contributed by atoms with van der Waals surface area (Å²) < 4.78 is 23.5. The van der Waals surface area contributed by atoms with E-state index in [4.69, 9.17) is 0 Å². The second kappa shape index (κ2) is 5.05. The summed E-state index contributed by atoms with van der Waals surface area (Å²) in [6.45, 7) is 2.45. The van der Waals surface area contributed by atoms with Crippen LogP contribution in [0.2, 0.25) is 0 Å². The normalized spacial score (nSPS) is 14.8. The third kappa shape index (κ3) is 3.41. The lowest BCUT2D eigenvalue weighted by Crippen LogP contribution is -2.21. The van der Waals surface area contributed by atoms with Crippen molar-refractivity contribution in [3.63, 3.8) is 0 Å². The molecule has 0 amide bonds. The molecular weight excluding hydrogens is 203 g/mol. The molecule has 1 aromatic heterocycles. The van der Waals surface area contributed by atoms with Crippen molar-refractivity contribution >= 4 is 16.6 Å². The lowest BCUT2D eigenvalue weighted by molar-refractivity contribution is 0.621. The lowest BCUT2D eigenvalue weighted by atomic mass is 10.4. The second-order valence-electron chi connectivity index (χ2n) is 3.05. The molecule has 1 N–H and O–H groups in total. The summed E-state index contributed by atoms with van der Waals surface area (Å²) in [7, 11) is -0.853. The highest BCUT2D eigenvalue weighted by Gasteiger charge is 2.05. The summed E-state index contributed by atoms with van der Waals surface area (Å²) in [4.78, 5) is 3.82. The van der Waals surface area contributed by atoms with Crippen molar-refractivity contribution in [2.24, 2.45) is 0 Å². The minimum Gasteiger partial charge on any atom is -0.369 e. The van der Waals surface area contributed by atoms with Crippen molar-refractivity contribution in [3.8, 4) is 0 Å². The van der Waals surface area contributed by atoms with Crippen LogP contribution in [-0.2, 0) is 10.8 Å². The van der Waals surface area contributed by atoms with Crippen LogP contribution in [0.4, 0.5) is 10.2 Å². The summed E-state index contributed by atoms with van der Waals surface area (Å²) in [5.41, 5.74) is 0. The molecule has 2 unspecified atom stereocenters. The van der Waals surface area contributed by atoms with Gasteiger partial charge in [-0.05, 0) is 19.1 Å². The van der Waals surface area contributed by atoms with Gasteiger partial charge in [-0.2, -0.15) is 0 Å². The van der Waals surface area contributed by atoms with E-state index >= 15 is 0 Å². The molecule has 0 spiro atoms. The van der Waals surface area contributed by atoms with Gasteiger partial charge in [0.2, 0.25) is 0 Å². The highest BCUT2D eigenvalue weighted by molar-refractivity contribution is 7.84. The van der Waals surface area contributed by atoms with Crippen LogP contribution in [0.1, 0.15) is 6.92 Å². The van der Waals surface area contributed by atoms with Gasteiger partial charge in [0.1, 0.15) is 11.6 Å². The van der Waals surface area contributed by atoms with Crippen LogP contribution >= 0.6 is 0 Å². The first kappa shape index (κ1) is 11.1. The zero-order valence-corrected chi connectivity index (χ0v) is 8.97. The fourth-order valence-corrected chi connectivity index (χ4v) is 1.16. The largest absolute Gasteiger partial charge is 0.369 e. The predicted octanol–water partition coefficient (Wildman–Crippen LogP) is 1.40. The highest BCUT2D eigenvalue weighted by Crippen LogP contribution is 2.04. The maximum atomic E-state index is 12.5. The number of nitrogens with zero attached hydrogens (tertiary/aromatic N) is 1. The SMILES string of the molecule is CC(CNc1ccc(F)cn1)S(C)=O. The molecule has 0 saturated carbocycles. The van der Waals surface area contributed by atoms with E-state index in [9.17, 15) is 8.60 Å². The zero-order chi connectivity index (χ0) is 10.6. The molecule has 0 fully saturated rings. The minimum absolute atomic E-state index is 0.0573. The van der Waals surface area contributed by atoms with Crippen LogP contribution < -0.4 is 5.32 Å². The second-order valence-corrected chi connectivity index (χ2v) is 4.85. The first-order valence-corrected chi connectivity index (χ1v) is 5.89. The molecule has 2 atom stereocenters. The molecule has 1 heterocycles. The van der Waals surface area contributed by atoms with Gasteiger partial charge in [-0.15, -0.1) is 0 Å². The summed E-state index contributed by atoms with van der Waals surface area (Å²) in [5, 5.41) is 3.04. The third-order valence-electron chi connectivity index (χ3n) is 1.86. The first-order valence-electron chi connectivity index (χ1n) is 4.27. The number of halogens is 1. The lowest BCUT2D eigenvalue weighted by Gasteiger charge is -2.09. The van der Waals surface area contributed by atoms with Crippen LogP contribution in [-0.4, -0.2) is 27.2 Å². The predicted molar refractivity (Wildman–Crippen MR) is 56.2 cm³/mol. The number of hydrogen-bond donors (Lipinski definition) is 1. The van der Waals surface area contributed by atoms with Gasteiger partial charge in [0.15, 0.2) is 0 Å². The Morgan fingerprint density at radius 2 is 2.36 bits per heavy atom. The standard InChI is InChI=1S/C9H13FN2OS/c1-7(14(2)13)5-11-9-4-3-8(10)6-12-9/h3-4,6-7H,5H2,1-2H3,(H,11,12). The molecule has 5 heteroatoms. The Hall–Kier alpha value is -0.970. The molecule has 0 aliphatic rings. The van der Waals surface area contributed by atoms with Gasteiger partial charge >= 0.3 is 0 Å². The van der Waals surface area contributed by atoms with Gasteiger partial charge in [-0.1, -0.05) is 0 Å². The number of anilines is 1. The van der Waals surface area contributed by atoms with Gasteiger partial charge in [-0.3, -0.25) is 4.21 Å². The van der Waals surface area contributed by atoms with Gasteiger partial charge in [0.25, 0.3) is 0 Å². The monoisotopic (exact) mass is 216 g/mol. The number of pyridine rings is 1. The maximum absolute atomic E-state index is 12.5. The third-order valence-corrected chi connectivity index (χ3v) is 3.16. The molecule has 0 radical (unpaired) electrons. The van der Waals surface area contributed by atoms with Crippen LogP contribution in [0.25, 0.3) is 0 Å². The van der Waals surface area contributed by atoms with E-state index in [1.165, 1.54) is 6.07 Å². The van der Waals surface area contributed by atoms with Gasteiger partial charge in [0.05, 0.1) is 6.20 Å². The molecule has 78 valence electrons. The van der Waals surface area contributed by atoms with Crippen molar-refractivity contribution in [3.05, 3.63) is 24.1 Å². The molecule has 3 nitrogen and oxygen atoms in total. The molecular formula is C9H13FN2OS. The zero-order valence-electron chi connectivity index (χ0n) is 8.16. The summed E-state index contributed by atoms with van der Waals surface area (Å²) in [5.74, 6) is 0.242. The molecule has 0 saturated heterocycles. The maximum Gasteiger partial charge on any atom is 0.141 e. The molecule has 0 aromatic carbocycles. The quantitative estimate of drug-likeness (QED) is 0.827. The number of rotatable bonds is 4. The van der Waals surface area contributed by atoms with Crippen molar-refractivity contribution in [1.82, 2.24) is 4.98 Å². The minimum atomic E-state index is -0.853. The Balaban J connectivity index is 2.46. The van der Waals surface area contributed by atoms with E-state index in [0.717, 1.165) is 6.20 Å². The van der Waals surface area contributed by atoms with Crippen LogP contribution in [0, 0.1) is 5.82 Å². The van der Waals surface area contributed by atoms with E-state index in [1.54, 1.807) is 12.3 Å². The molecule has 1 aromatic rings. The van der Waals surface area contributed by atoms with E-state index in [2.05, 4.69) is 10.3 Å². The van der Waals surface area contributed by atoms with Crippen molar-refractivity contribution in [2.45, 2.75) is 12.2 Å². The molecule has 0 aliphatic heterocycles. The molecule has 14 heavy (non-hydrogen) atoms. The van der Waals surface area contributed by atoms with Crippen LogP contribution in [0.5, 0.6) is 0 Å². The highest BCUT2D eigenvalue weighted by atomic mass is 32.2. The number of nitrogens with one attached hydrogen (secondary N) is 1. The fraction of sp³-hybridized carbons (Fsp3) is 0.444. The Morgan fingerprint density at radius 3 is 2.86 bits per heavy atom. The topological polar surface area (TPSA) is 42.0 Å². The Kier molecular flexibility index (Phi) is 4.00. The Bertz CT molecular complexity index is 315. The molecule has 1 rings (SSSR count). The van der Waals surface area contributed by atoms with Gasteiger partial charge < -0.3 is 5.32 Å². The summed E-state index contributed by atoms with van der Waals surface area (Å²) in [6, 6.07) is 2.89. The van der Waals surface area contributed by atoms with E-state index in [-0.39, 0.29) is 11.1 Å². The van der Waals surface area contributed by atoms with Gasteiger partial charge in [0, 0.05) is 28.9 Å². The average Bonchev–Trinajstić information content (AvgIpc) is 2.16. The molecule has 0 bridgehead atoms. The summed E-state index contributed by atoms with van der Waals surface area (Å²) >= 11 is 0. The summed E-state index contributed by atoms with van der Waals surface area (Å²) in [6.07, 6.45) is 2.81. The van der Waals surface area contributed by atoms with E-state index in [1.807, 2.05) is 6.92 Å². The first-order chi connectivity index (χ1) is 6.59. The van der Waals surface area contributed by atoms with E-state index in [0.29, 0.717) is 12.4 Å². The van der Waals surface area contributed by atoms with E-state index < -0.39 is 10.8 Å². The molecule has 0 aliphatic carbocycles. The smallest absolute Gasteiger partial charge is 0.141 e. The van der Waals surface area contributed by atoms with Gasteiger partial charge in [-0.25, -0.2) is 9.37 Å².